The van der Waals surface area contributed by atoms with Crippen LogP contribution in [0.3, 0.4) is 0 Å². The lowest BCUT2D eigenvalue weighted by atomic mass is 10.3. The summed E-state index contributed by atoms with van der Waals surface area (Å²) in [6.07, 6.45) is 1.33. The second kappa shape index (κ2) is 3.66. The van der Waals surface area contributed by atoms with Gasteiger partial charge in [-0.2, -0.15) is 0 Å². The fourth-order valence-corrected chi connectivity index (χ4v) is 0.476. The molecule has 0 spiro atoms. The number of nitro groups is 1. The van der Waals surface area contributed by atoms with E-state index in [1.165, 1.54) is 0 Å². The van der Waals surface area contributed by atoms with Gasteiger partial charge in [0.25, 0.3) is 0 Å². The van der Waals surface area contributed by atoms with Gasteiger partial charge in [-0.15, -0.1) is 0 Å². The maximum absolute atomic E-state index is 10.1. The topological polar surface area (TPSA) is 63.4 Å². The Morgan fingerprint density at radius 2 is 2.40 bits per heavy atom. The number of hydrogen-bond acceptors (Lipinski definition) is 3. The van der Waals surface area contributed by atoms with Crippen LogP contribution < -0.4 is 0 Å². The van der Waals surface area contributed by atoms with Crippen LogP contribution in [0.25, 0.3) is 0 Å². The molecule has 0 bridgehead atoms. The second-order valence-electron chi connectivity index (χ2n) is 1.74. The first-order valence-corrected chi connectivity index (χ1v) is 2.80. The molecule has 10 heavy (non-hydrogen) atoms. The minimum absolute atomic E-state index is 0.0347. The summed E-state index contributed by atoms with van der Waals surface area (Å²) >= 11 is 0. The lowest BCUT2D eigenvalue weighted by Gasteiger charge is -1.91. The summed E-state index contributed by atoms with van der Waals surface area (Å²) in [7, 11) is 0. The van der Waals surface area contributed by atoms with E-state index in [1.54, 1.807) is 6.92 Å². The summed E-state index contributed by atoms with van der Waals surface area (Å²) in [4.78, 5) is 9.51. The number of hydrogen-bond donors (Lipinski definition) is 1. The van der Waals surface area contributed by atoms with Crippen molar-refractivity contribution in [3.8, 4) is 0 Å². The van der Waals surface area contributed by atoms with Crippen molar-refractivity contribution < 1.29 is 10.0 Å². The molecule has 0 saturated carbocycles. The van der Waals surface area contributed by atoms with Crippen LogP contribution in [0.2, 0.25) is 0 Å². The molecular formula is C6H9NO3. The van der Waals surface area contributed by atoms with Crippen molar-refractivity contribution in [2.24, 2.45) is 0 Å². The van der Waals surface area contributed by atoms with E-state index in [0.29, 0.717) is 0 Å². The van der Waals surface area contributed by atoms with Crippen LogP contribution in [-0.4, -0.2) is 10.0 Å². The molecule has 4 heteroatoms. The Balaban J connectivity index is 4.34. The minimum atomic E-state index is -0.540. The Kier molecular flexibility index (Phi) is 3.17. The molecule has 1 N–H and O–H groups in total. The fraction of sp³-hybridized carbons (Fsp3) is 0.333. The van der Waals surface area contributed by atoms with Crippen molar-refractivity contribution in [1.29, 1.82) is 0 Å². The van der Waals surface area contributed by atoms with Crippen molar-refractivity contribution in [3.05, 3.63) is 34.2 Å². The van der Waals surface area contributed by atoms with Crippen molar-refractivity contribution in [3.63, 3.8) is 0 Å². The largest absolute Gasteiger partial charge is 0.508 e. The van der Waals surface area contributed by atoms with Crippen LogP contribution in [0, 0.1) is 10.1 Å². The van der Waals surface area contributed by atoms with Crippen LogP contribution in [-0.2, 0) is 0 Å². The van der Waals surface area contributed by atoms with Crippen LogP contribution in [0.5, 0.6) is 0 Å². The summed E-state index contributed by atoms with van der Waals surface area (Å²) in [5.41, 5.74) is -0.0347. The van der Waals surface area contributed by atoms with E-state index in [-0.39, 0.29) is 17.9 Å². The average molecular weight is 143 g/mol. The van der Waals surface area contributed by atoms with E-state index in [2.05, 4.69) is 6.58 Å². The van der Waals surface area contributed by atoms with Crippen LogP contribution in [0.4, 0.5) is 0 Å². The van der Waals surface area contributed by atoms with Crippen LogP contribution in [0.15, 0.2) is 24.1 Å². The van der Waals surface area contributed by atoms with Gasteiger partial charge in [0, 0.05) is 6.42 Å². The van der Waals surface area contributed by atoms with Gasteiger partial charge in [-0.3, -0.25) is 10.1 Å². The van der Waals surface area contributed by atoms with Gasteiger partial charge in [0.15, 0.2) is 0 Å². The number of aliphatic hydroxyl groups is 1. The highest BCUT2D eigenvalue weighted by Crippen LogP contribution is 2.03. The zero-order valence-corrected chi connectivity index (χ0v) is 5.70. The van der Waals surface area contributed by atoms with Crippen LogP contribution >= 0.6 is 0 Å². The van der Waals surface area contributed by atoms with Gasteiger partial charge in [-0.1, -0.05) is 13.5 Å². The molecule has 56 valence electrons. The lowest BCUT2D eigenvalue weighted by Crippen LogP contribution is -1.97. The Labute approximate surface area is 58.6 Å². The third-order valence-electron chi connectivity index (χ3n) is 0.930. The van der Waals surface area contributed by atoms with E-state index in [1.807, 2.05) is 0 Å². The molecule has 0 heterocycles. The van der Waals surface area contributed by atoms with Gasteiger partial charge in [0.1, 0.15) is 5.76 Å². The third kappa shape index (κ3) is 2.86. The predicted molar refractivity (Wildman–Crippen MR) is 37.1 cm³/mol. The molecule has 0 aromatic rings. The molecule has 0 radical (unpaired) electrons. The molecule has 0 unspecified atom stereocenters. The molecule has 0 fully saturated rings. The summed E-state index contributed by atoms with van der Waals surface area (Å²) in [6.45, 7) is 4.74. The van der Waals surface area contributed by atoms with E-state index in [9.17, 15) is 10.1 Å². The second-order valence-corrected chi connectivity index (χ2v) is 1.74. The first-order valence-electron chi connectivity index (χ1n) is 2.80. The Morgan fingerprint density at radius 3 is 2.50 bits per heavy atom. The molecule has 0 aromatic heterocycles. The van der Waals surface area contributed by atoms with E-state index >= 15 is 0 Å². The first kappa shape index (κ1) is 8.68. The summed E-state index contributed by atoms with van der Waals surface area (Å²) in [5.74, 6) is -0.284. The number of aliphatic hydroxyl groups excluding tert-OH is 1. The minimum Gasteiger partial charge on any atom is -0.508 e. The van der Waals surface area contributed by atoms with Gasteiger partial charge in [0.05, 0.1) is 11.0 Å². The third-order valence-corrected chi connectivity index (χ3v) is 0.930. The quantitative estimate of drug-likeness (QED) is 0.282. The van der Waals surface area contributed by atoms with Gasteiger partial charge in [-0.05, 0) is 0 Å². The van der Waals surface area contributed by atoms with E-state index in [4.69, 9.17) is 5.11 Å². The molecule has 0 rings (SSSR count). The Morgan fingerprint density at radius 1 is 1.90 bits per heavy atom. The van der Waals surface area contributed by atoms with Crippen molar-refractivity contribution in [1.82, 2.24) is 0 Å². The number of allylic oxidation sites excluding steroid dienone is 2. The maximum Gasteiger partial charge on any atom is 0.249 e. The zero-order valence-electron chi connectivity index (χ0n) is 5.70. The molecule has 0 aliphatic heterocycles. The highest BCUT2D eigenvalue weighted by Gasteiger charge is 2.05. The Hall–Kier alpha value is -1.32. The molecule has 4 nitrogen and oxygen atoms in total. The van der Waals surface area contributed by atoms with E-state index in [0.717, 1.165) is 6.08 Å². The van der Waals surface area contributed by atoms with Gasteiger partial charge in [0.2, 0.25) is 5.70 Å². The smallest absolute Gasteiger partial charge is 0.249 e. The Bertz CT molecular complexity index is 183. The molecular weight excluding hydrogens is 134 g/mol. The van der Waals surface area contributed by atoms with Crippen molar-refractivity contribution in [2.75, 3.05) is 0 Å². The SMILES string of the molecule is C=C(O)/C=C(\CC)[N+](=O)[O-]. The molecule has 0 aliphatic carbocycles. The summed E-state index contributed by atoms with van der Waals surface area (Å²) < 4.78 is 0. The maximum atomic E-state index is 10.1. The molecule has 0 aliphatic rings. The average Bonchev–Trinajstić information content (AvgIpc) is 1.81. The lowest BCUT2D eigenvalue weighted by molar-refractivity contribution is -0.427. The van der Waals surface area contributed by atoms with Gasteiger partial charge >= 0.3 is 0 Å². The number of nitrogens with zero attached hydrogens (tertiary/aromatic N) is 1. The molecule has 0 amide bonds. The monoisotopic (exact) mass is 143 g/mol. The molecule has 0 atom stereocenters. The van der Waals surface area contributed by atoms with Gasteiger partial charge in [-0.25, -0.2) is 0 Å². The molecule has 0 aromatic carbocycles. The van der Waals surface area contributed by atoms with Crippen LogP contribution in [0.1, 0.15) is 13.3 Å². The highest BCUT2D eigenvalue weighted by molar-refractivity contribution is 5.08. The van der Waals surface area contributed by atoms with Gasteiger partial charge < -0.3 is 5.11 Å². The molecule has 0 saturated heterocycles. The standard InChI is InChI=1S/C6H9NO3/c1-3-6(7(9)10)4-5(2)8/h4,8H,2-3H2,1H3/b6-4+. The van der Waals surface area contributed by atoms with E-state index < -0.39 is 4.92 Å². The van der Waals surface area contributed by atoms with Crippen molar-refractivity contribution in [2.45, 2.75) is 13.3 Å². The first-order chi connectivity index (χ1) is 4.57. The highest BCUT2D eigenvalue weighted by atomic mass is 16.6. The zero-order chi connectivity index (χ0) is 8.15. The fourth-order valence-electron chi connectivity index (χ4n) is 0.476. The number of rotatable bonds is 3. The van der Waals surface area contributed by atoms with Crippen molar-refractivity contribution >= 4 is 0 Å². The normalized spacial score (nSPS) is 11.1. The summed E-state index contributed by atoms with van der Waals surface area (Å²) in [5, 5.41) is 18.6. The predicted octanol–water partition coefficient (Wildman–Crippen LogP) is 1.63. The summed E-state index contributed by atoms with van der Waals surface area (Å²) in [6, 6.07) is 0.